The zero-order chi connectivity index (χ0) is 15.9. The van der Waals surface area contributed by atoms with Crippen LogP contribution >= 0.6 is 0 Å². The smallest absolute Gasteiger partial charge is 0.310 e. The van der Waals surface area contributed by atoms with E-state index in [9.17, 15) is 19.5 Å². The lowest BCUT2D eigenvalue weighted by Crippen LogP contribution is -2.43. The summed E-state index contributed by atoms with van der Waals surface area (Å²) in [6, 6.07) is 0. The topological polar surface area (TPSA) is 86.7 Å². The van der Waals surface area contributed by atoms with Gasteiger partial charge in [0.15, 0.2) is 0 Å². The largest absolute Gasteiger partial charge is 0.481 e. The summed E-state index contributed by atoms with van der Waals surface area (Å²) >= 11 is 0. The van der Waals surface area contributed by atoms with Gasteiger partial charge in [-0.15, -0.1) is 0 Å². The van der Waals surface area contributed by atoms with Crippen molar-refractivity contribution in [3.8, 4) is 0 Å². The van der Waals surface area contributed by atoms with Crippen molar-refractivity contribution >= 4 is 17.8 Å². The van der Waals surface area contributed by atoms with E-state index in [4.69, 9.17) is 0 Å². The van der Waals surface area contributed by atoms with Crippen LogP contribution in [0.3, 0.4) is 0 Å². The molecule has 0 aromatic rings. The average molecular weight is 286 g/mol. The van der Waals surface area contributed by atoms with Crippen molar-refractivity contribution in [3.63, 3.8) is 0 Å². The van der Waals surface area contributed by atoms with E-state index in [2.05, 4.69) is 5.32 Å². The second-order valence-electron chi connectivity index (χ2n) is 5.40. The van der Waals surface area contributed by atoms with Crippen molar-refractivity contribution in [1.82, 2.24) is 10.2 Å². The number of carboxylic acid groups (broad SMARTS) is 1. The quantitative estimate of drug-likeness (QED) is 0.699. The maximum absolute atomic E-state index is 11.8. The molecule has 0 bridgehead atoms. The predicted molar refractivity (Wildman–Crippen MR) is 76.1 cm³/mol. The molecule has 0 radical (unpaired) electrons. The Balaban J connectivity index is 4.50. The Hall–Kier alpha value is -1.59. The SMILES string of the molecule is CCN(CC)C(=O)CNC(=O)CC(C)(C(=O)O)C(C)C. The lowest BCUT2D eigenvalue weighted by Gasteiger charge is -2.28. The number of amides is 2. The van der Waals surface area contributed by atoms with E-state index < -0.39 is 17.3 Å². The Kier molecular flexibility index (Phi) is 7.24. The highest BCUT2D eigenvalue weighted by molar-refractivity contribution is 5.88. The molecule has 6 nitrogen and oxygen atoms in total. The molecule has 1 unspecified atom stereocenters. The van der Waals surface area contributed by atoms with Gasteiger partial charge in [-0.05, 0) is 26.7 Å². The summed E-state index contributed by atoms with van der Waals surface area (Å²) in [6.07, 6.45) is -0.133. The van der Waals surface area contributed by atoms with Crippen LogP contribution in [0.15, 0.2) is 0 Å². The number of aliphatic carboxylic acids is 1. The molecule has 2 N–H and O–H groups in total. The molecule has 0 fully saturated rings. The molecule has 116 valence electrons. The molecule has 2 amide bonds. The first-order chi connectivity index (χ1) is 9.18. The number of nitrogens with one attached hydrogen (secondary N) is 1. The van der Waals surface area contributed by atoms with E-state index in [1.807, 2.05) is 13.8 Å². The van der Waals surface area contributed by atoms with Gasteiger partial charge in [-0.25, -0.2) is 0 Å². The minimum atomic E-state index is -1.12. The summed E-state index contributed by atoms with van der Waals surface area (Å²) in [4.78, 5) is 36.5. The highest BCUT2D eigenvalue weighted by atomic mass is 16.4. The van der Waals surface area contributed by atoms with Gasteiger partial charge in [-0.3, -0.25) is 14.4 Å². The average Bonchev–Trinajstić information content (AvgIpc) is 2.37. The van der Waals surface area contributed by atoms with Gasteiger partial charge < -0.3 is 15.3 Å². The van der Waals surface area contributed by atoms with Crippen molar-refractivity contribution in [2.24, 2.45) is 11.3 Å². The van der Waals surface area contributed by atoms with E-state index >= 15 is 0 Å². The van der Waals surface area contributed by atoms with E-state index in [-0.39, 0.29) is 24.8 Å². The monoisotopic (exact) mass is 286 g/mol. The Bertz CT molecular complexity index is 364. The summed E-state index contributed by atoms with van der Waals surface area (Å²) in [7, 11) is 0. The molecule has 0 heterocycles. The van der Waals surface area contributed by atoms with Crippen LogP contribution in [0.2, 0.25) is 0 Å². The molecule has 0 aromatic heterocycles. The Labute approximate surface area is 120 Å². The van der Waals surface area contributed by atoms with Gasteiger partial charge in [0.05, 0.1) is 12.0 Å². The summed E-state index contributed by atoms with van der Waals surface area (Å²) < 4.78 is 0. The molecular weight excluding hydrogens is 260 g/mol. The lowest BCUT2D eigenvalue weighted by molar-refractivity contribution is -0.153. The zero-order valence-electron chi connectivity index (χ0n) is 13.0. The molecule has 0 spiro atoms. The third-order valence-electron chi connectivity index (χ3n) is 3.84. The number of carbonyl (C=O) groups is 3. The van der Waals surface area contributed by atoms with Gasteiger partial charge in [0.1, 0.15) is 0 Å². The fourth-order valence-electron chi connectivity index (χ4n) is 1.79. The Morgan fingerprint density at radius 1 is 1.20 bits per heavy atom. The predicted octanol–water partition coefficient (Wildman–Crippen LogP) is 1.11. The summed E-state index contributed by atoms with van der Waals surface area (Å²) in [5.41, 5.74) is -1.12. The summed E-state index contributed by atoms with van der Waals surface area (Å²) in [6.45, 7) is 9.89. The molecule has 6 heteroatoms. The number of nitrogens with zero attached hydrogens (tertiary/aromatic N) is 1. The molecule has 20 heavy (non-hydrogen) atoms. The highest BCUT2D eigenvalue weighted by Gasteiger charge is 2.38. The highest BCUT2D eigenvalue weighted by Crippen LogP contribution is 2.31. The molecule has 1 atom stereocenters. The van der Waals surface area contributed by atoms with Gasteiger partial charge in [0.2, 0.25) is 11.8 Å². The molecule has 0 aliphatic heterocycles. The van der Waals surface area contributed by atoms with Crippen LogP contribution in [-0.4, -0.2) is 47.4 Å². The first-order valence-corrected chi connectivity index (χ1v) is 6.96. The normalized spacial score (nSPS) is 13.7. The van der Waals surface area contributed by atoms with Crippen molar-refractivity contribution in [2.75, 3.05) is 19.6 Å². The van der Waals surface area contributed by atoms with E-state index in [1.54, 1.807) is 25.7 Å². The van der Waals surface area contributed by atoms with Crippen LogP contribution in [0.1, 0.15) is 41.0 Å². The number of carboxylic acids is 1. The van der Waals surface area contributed by atoms with E-state index in [0.717, 1.165) is 0 Å². The summed E-state index contributed by atoms with van der Waals surface area (Å²) in [5.74, 6) is -1.75. The first kappa shape index (κ1) is 18.4. The van der Waals surface area contributed by atoms with Crippen LogP contribution < -0.4 is 5.32 Å². The molecule has 0 saturated heterocycles. The van der Waals surface area contributed by atoms with Crippen LogP contribution in [0.25, 0.3) is 0 Å². The Morgan fingerprint density at radius 2 is 1.70 bits per heavy atom. The second kappa shape index (κ2) is 7.87. The fourth-order valence-corrected chi connectivity index (χ4v) is 1.79. The van der Waals surface area contributed by atoms with Crippen molar-refractivity contribution < 1.29 is 19.5 Å². The van der Waals surface area contributed by atoms with Crippen LogP contribution in [0.4, 0.5) is 0 Å². The van der Waals surface area contributed by atoms with Gasteiger partial charge in [0, 0.05) is 19.5 Å². The van der Waals surface area contributed by atoms with E-state index in [1.165, 1.54) is 0 Å². The molecule has 0 aliphatic carbocycles. The molecular formula is C14H26N2O4. The maximum Gasteiger partial charge on any atom is 0.310 e. The standard InChI is InChI=1S/C14H26N2O4/c1-6-16(7-2)12(18)9-15-11(17)8-14(5,10(3)4)13(19)20/h10H,6-9H2,1-5H3,(H,15,17)(H,19,20). The molecule has 0 aromatic carbocycles. The van der Waals surface area contributed by atoms with Gasteiger partial charge >= 0.3 is 5.97 Å². The second-order valence-corrected chi connectivity index (χ2v) is 5.40. The number of carbonyl (C=O) groups excluding carboxylic acids is 2. The Morgan fingerprint density at radius 3 is 2.05 bits per heavy atom. The number of hydrogen-bond acceptors (Lipinski definition) is 3. The number of rotatable bonds is 8. The minimum absolute atomic E-state index is 0.0890. The third-order valence-corrected chi connectivity index (χ3v) is 3.84. The van der Waals surface area contributed by atoms with Crippen molar-refractivity contribution in [3.05, 3.63) is 0 Å². The third kappa shape index (κ3) is 4.83. The summed E-state index contributed by atoms with van der Waals surface area (Å²) in [5, 5.41) is 11.7. The number of hydrogen-bond donors (Lipinski definition) is 2. The van der Waals surface area contributed by atoms with Crippen LogP contribution in [0, 0.1) is 11.3 Å². The van der Waals surface area contributed by atoms with Crippen molar-refractivity contribution in [1.29, 1.82) is 0 Å². The lowest BCUT2D eigenvalue weighted by atomic mass is 9.76. The molecule has 0 rings (SSSR count). The van der Waals surface area contributed by atoms with Gasteiger partial charge in [-0.1, -0.05) is 13.8 Å². The fraction of sp³-hybridized carbons (Fsp3) is 0.786. The van der Waals surface area contributed by atoms with Crippen LogP contribution in [-0.2, 0) is 14.4 Å². The molecule has 0 aliphatic rings. The van der Waals surface area contributed by atoms with Gasteiger partial charge in [-0.2, -0.15) is 0 Å². The minimum Gasteiger partial charge on any atom is -0.481 e. The first-order valence-electron chi connectivity index (χ1n) is 6.96. The zero-order valence-corrected chi connectivity index (χ0v) is 13.0. The maximum atomic E-state index is 11.8. The van der Waals surface area contributed by atoms with E-state index in [0.29, 0.717) is 13.1 Å². The molecule has 0 saturated carbocycles. The van der Waals surface area contributed by atoms with Gasteiger partial charge in [0.25, 0.3) is 0 Å². The van der Waals surface area contributed by atoms with Crippen LogP contribution in [0.5, 0.6) is 0 Å². The number of likely N-dealkylation sites (N-methyl/N-ethyl adjacent to an activating group) is 1. The van der Waals surface area contributed by atoms with Crippen molar-refractivity contribution in [2.45, 2.75) is 41.0 Å².